The van der Waals surface area contributed by atoms with Gasteiger partial charge in [-0.3, -0.25) is 0 Å². The van der Waals surface area contributed by atoms with Crippen LogP contribution in [0.2, 0.25) is 0 Å². The first-order valence-electron chi connectivity index (χ1n) is 2.44. The van der Waals surface area contributed by atoms with Crippen LogP contribution in [0.5, 0.6) is 0 Å². The zero-order chi connectivity index (χ0) is 6.20. The first-order chi connectivity index (χ1) is 3.60. The molecule has 0 saturated heterocycles. The maximum absolute atomic E-state index is 8.98. The zero-order valence-corrected chi connectivity index (χ0v) is 4.92. The molecule has 0 saturated carbocycles. The van der Waals surface area contributed by atoms with E-state index < -0.39 is 5.85 Å². The summed E-state index contributed by atoms with van der Waals surface area (Å²) in [5.41, 5.74) is 0.773. The summed E-state index contributed by atoms with van der Waals surface area (Å²) >= 11 is 0. The van der Waals surface area contributed by atoms with Gasteiger partial charge in [-0.05, 0) is 6.92 Å². The largest absolute Gasteiger partial charge is 0.352 e. The summed E-state index contributed by atoms with van der Waals surface area (Å²) in [5.74, 6) is -1.18. The van der Waals surface area contributed by atoms with E-state index in [1.54, 1.807) is 20.1 Å². The Morgan fingerprint density at radius 1 is 1.75 bits per heavy atom. The highest BCUT2D eigenvalue weighted by Gasteiger charge is 2.19. The average molecular weight is 112 g/mol. The van der Waals surface area contributed by atoms with Crippen LogP contribution in [0.1, 0.15) is 13.8 Å². The number of aliphatic imine (C=N–C) groups is 2. The van der Waals surface area contributed by atoms with Crippen molar-refractivity contribution >= 4 is 11.9 Å². The van der Waals surface area contributed by atoms with Crippen molar-refractivity contribution in [2.24, 2.45) is 9.98 Å². The van der Waals surface area contributed by atoms with E-state index in [1.807, 2.05) is 0 Å². The van der Waals surface area contributed by atoms with Gasteiger partial charge in [-0.15, -0.1) is 0 Å². The normalized spacial score (nSPS) is 35.6. The molecular weight excluding hydrogens is 104 g/mol. The summed E-state index contributed by atoms with van der Waals surface area (Å²) in [6.07, 6.45) is 1.56. The molecule has 1 N–H and O–H groups in total. The molecule has 0 spiro atoms. The first kappa shape index (κ1) is 5.44. The van der Waals surface area contributed by atoms with E-state index in [1.165, 1.54) is 0 Å². The van der Waals surface area contributed by atoms with Crippen LogP contribution >= 0.6 is 0 Å². The third-order valence-corrected chi connectivity index (χ3v) is 0.884. The molecule has 1 atom stereocenters. The minimum absolute atomic E-state index is 0.773. The maximum atomic E-state index is 8.98. The summed E-state index contributed by atoms with van der Waals surface area (Å²) in [6.45, 7) is 3.34. The molecule has 0 radical (unpaired) electrons. The monoisotopic (exact) mass is 112 g/mol. The van der Waals surface area contributed by atoms with E-state index in [2.05, 4.69) is 9.98 Å². The van der Waals surface area contributed by atoms with Gasteiger partial charge in [0.2, 0.25) is 0 Å². The molecule has 3 nitrogen and oxygen atoms in total. The van der Waals surface area contributed by atoms with Crippen molar-refractivity contribution in [3.63, 3.8) is 0 Å². The topological polar surface area (TPSA) is 45.0 Å². The molecule has 0 bridgehead atoms. The van der Waals surface area contributed by atoms with Crippen molar-refractivity contribution in [2.75, 3.05) is 0 Å². The highest BCUT2D eigenvalue weighted by molar-refractivity contribution is 6.30. The van der Waals surface area contributed by atoms with Gasteiger partial charge in [-0.1, -0.05) is 0 Å². The highest BCUT2D eigenvalue weighted by Crippen LogP contribution is 2.10. The van der Waals surface area contributed by atoms with Crippen molar-refractivity contribution in [1.82, 2.24) is 0 Å². The van der Waals surface area contributed by atoms with Crippen LogP contribution in [-0.4, -0.2) is 22.9 Å². The molecule has 8 heavy (non-hydrogen) atoms. The van der Waals surface area contributed by atoms with Crippen LogP contribution in [0, 0.1) is 0 Å². The summed E-state index contributed by atoms with van der Waals surface area (Å²) in [5, 5.41) is 8.98. The number of rotatable bonds is 0. The fourth-order valence-corrected chi connectivity index (χ4v) is 0.608. The van der Waals surface area contributed by atoms with E-state index in [4.69, 9.17) is 5.11 Å². The van der Waals surface area contributed by atoms with E-state index in [0.29, 0.717) is 0 Å². The third kappa shape index (κ3) is 0.924. The quantitative estimate of drug-likeness (QED) is 0.478. The van der Waals surface area contributed by atoms with Gasteiger partial charge < -0.3 is 5.11 Å². The Morgan fingerprint density at radius 3 is 2.50 bits per heavy atom. The minimum atomic E-state index is -1.18. The Morgan fingerprint density at radius 2 is 2.38 bits per heavy atom. The second-order valence-electron chi connectivity index (χ2n) is 1.98. The van der Waals surface area contributed by atoms with Gasteiger partial charge in [0.05, 0.1) is 5.71 Å². The minimum Gasteiger partial charge on any atom is -0.352 e. The van der Waals surface area contributed by atoms with Gasteiger partial charge in [-0.25, -0.2) is 9.98 Å². The van der Waals surface area contributed by atoms with E-state index in [-0.39, 0.29) is 0 Å². The van der Waals surface area contributed by atoms with Crippen molar-refractivity contribution < 1.29 is 5.11 Å². The molecular formula is C5H8N2O. The molecule has 44 valence electrons. The molecule has 1 aliphatic rings. The average Bonchev–Trinajstić information content (AvgIpc) is 1.82. The lowest BCUT2D eigenvalue weighted by Crippen LogP contribution is -2.13. The zero-order valence-electron chi connectivity index (χ0n) is 4.92. The molecule has 0 aromatic rings. The molecule has 1 aliphatic heterocycles. The van der Waals surface area contributed by atoms with Gasteiger partial charge in [0.25, 0.3) is 5.85 Å². The van der Waals surface area contributed by atoms with Crippen molar-refractivity contribution in [1.29, 1.82) is 0 Å². The second-order valence-corrected chi connectivity index (χ2v) is 1.98. The SMILES string of the molecule is CC1=NC(C)(O)N=C1. The molecule has 0 amide bonds. The van der Waals surface area contributed by atoms with Crippen LogP contribution in [0.4, 0.5) is 0 Å². The van der Waals surface area contributed by atoms with Gasteiger partial charge in [-0.2, -0.15) is 0 Å². The van der Waals surface area contributed by atoms with E-state index in [9.17, 15) is 0 Å². The summed E-state index contributed by atoms with van der Waals surface area (Å²) in [6, 6.07) is 0. The van der Waals surface area contributed by atoms with E-state index in [0.717, 1.165) is 5.71 Å². The van der Waals surface area contributed by atoms with Crippen LogP contribution in [0.15, 0.2) is 9.98 Å². The highest BCUT2D eigenvalue weighted by atomic mass is 16.3. The van der Waals surface area contributed by atoms with E-state index >= 15 is 0 Å². The molecule has 1 rings (SSSR count). The molecule has 3 heteroatoms. The van der Waals surface area contributed by atoms with Crippen LogP contribution in [0.25, 0.3) is 0 Å². The van der Waals surface area contributed by atoms with Gasteiger partial charge in [0, 0.05) is 13.1 Å². The molecule has 0 aromatic heterocycles. The Balaban J connectivity index is 2.84. The van der Waals surface area contributed by atoms with Gasteiger partial charge in [0.15, 0.2) is 0 Å². The Kier molecular flexibility index (Phi) is 0.942. The second kappa shape index (κ2) is 1.39. The molecule has 0 aliphatic carbocycles. The summed E-state index contributed by atoms with van der Waals surface area (Å²) in [7, 11) is 0. The van der Waals surface area contributed by atoms with Crippen LogP contribution < -0.4 is 0 Å². The third-order valence-electron chi connectivity index (χ3n) is 0.884. The van der Waals surface area contributed by atoms with Crippen LogP contribution in [-0.2, 0) is 0 Å². The summed E-state index contributed by atoms with van der Waals surface area (Å²) in [4.78, 5) is 7.45. The maximum Gasteiger partial charge on any atom is 0.251 e. The Bertz CT molecular complexity index is 158. The Labute approximate surface area is 47.8 Å². The van der Waals surface area contributed by atoms with Crippen molar-refractivity contribution in [3.8, 4) is 0 Å². The fraction of sp³-hybridized carbons (Fsp3) is 0.600. The number of nitrogens with zero attached hydrogens (tertiary/aromatic N) is 2. The number of hydrogen-bond donors (Lipinski definition) is 1. The van der Waals surface area contributed by atoms with Crippen LogP contribution in [0.3, 0.4) is 0 Å². The fourth-order valence-electron chi connectivity index (χ4n) is 0.608. The molecule has 0 fully saturated rings. The number of hydrogen-bond acceptors (Lipinski definition) is 3. The van der Waals surface area contributed by atoms with Gasteiger partial charge in [0.1, 0.15) is 0 Å². The molecule has 1 heterocycles. The van der Waals surface area contributed by atoms with Crippen molar-refractivity contribution in [3.05, 3.63) is 0 Å². The first-order valence-corrected chi connectivity index (χ1v) is 2.44. The van der Waals surface area contributed by atoms with Gasteiger partial charge >= 0.3 is 0 Å². The Hall–Kier alpha value is -0.700. The summed E-state index contributed by atoms with van der Waals surface area (Å²) < 4.78 is 0. The predicted octanol–water partition coefficient (Wildman–Crippen LogP) is 0.198. The molecule has 0 aromatic carbocycles. The van der Waals surface area contributed by atoms with Crippen molar-refractivity contribution in [2.45, 2.75) is 19.7 Å². The smallest absolute Gasteiger partial charge is 0.251 e. The lowest BCUT2D eigenvalue weighted by Gasteiger charge is -2.05. The lowest BCUT2D eigenvalue weighted by atomic mass is 10.5. The predicted molar refractivity (Wildman–Crippen MR) is 32.2 cm³/mol. The number of aliphatic hydroxyl groups is 1. The molecule has 1 unspecified atom stereocenters. The lowest BCUT2D eigenvalue weighted by molar-refractivity contribution is 0.0840. The standard InChI is InChI=1S/C5H8N2O/c1-4-3-6-5(2,8)7-4/h3,8H,1-2H3.